The lowest BCUT2D eigenvalue weighted by atomic mass is 9.96. The first-order valence-corrected chi connectivity index (χ1v) is 10.4. The van der Waals surface area contributed by atoms with Gasteiger partial charge in [-0.15, -0.1) is 0 Å². The van der Waals surface area contributed by atoms with E-state index in [2.05, 4.69) is 52.9 Å². The Hall–Kier alpha value is -3.65. The van der Waals surface area contributed by atoms with Gasteiger partial charge in [0, 0.05) is 0 Å². The molecule has 0 saturated carbocycles. The summed E-state index contributed by atoms with van der Waals surface area (Å²) in [5, 5.41) is 10.0. The van der Waals surface area contributed by atoms with E-state index in [1.807, 2.05) is 42.7 Å². The summed E-state index contributed by atoms with van der Waals surface area (Å²) >= 11 is 0. The molecule has 5 heteroatoms. The number of nitrogens with zero attached hydrogens (tertiary/aromatic N) is 5. The monoisotopic (exact) mass is 393 g/mol. The van der Waals surface area contributed by atoms with Crippen molar-refractivity contribution in [2.45, 2.75) is 33.6 Å². The maximum absolute atomic E-state index is 10.0. The molecule has 0 fully saturated rings. The molecule has 2 aromatic carbocycles. The van der Waals surface area contributed by atoms with Crippen molar-refractivity contribution < 1.29 is 0 Å². The third-order valence-electron chi connectivity index (χ3n) is 5.86. The van der Waals surface area contributed by atoms with Crippen molar-refractivity contribution in [2.24, 2.45) is 5.92 Å². The number of pyridine rings is 1. The van der Waals surface area contributed by atoms with E-state index in [0.29, 0.717) is 17.1 Å². The number of fused-ring (bicyclic) bond motifs is 4. The van der Waals surface area contributed by atoms with Gasteiger partial charge in [0.1, 0.15) is 18.2 Å². The average molecular weight is 393 g/mol. The van der Waals surface area contributed by atoms with Crippen LogP contribution < -0.4 is 0 Å². The Bertz CT molecular complexity index is 1450. The summed E-state index contributed by atoms with van der Waals surface area (Å²) in [4.78, 5) is 9.48. The van der Waals surface area contributed by atoms with Gasteiger partial charge < -0.3 is 0 Å². The second-order valence-corrected chi connectivity index (χ2v) is 8.21. The second kappa shape index (κ2) is 7.00. The molecule has 0 N–H and O–H groups in total. The molecule has 30 heavy (non-hydrogen) atoms. The first-order chi connectivity index (χ1) is 14.6. The normalized spacial score (nSPS) is 11.7. The zero-order chi connectivity index (χ0) is 20.8. The lowest BCUT2D eigenvalue weighted by Gasteiger charge is -2.19. The SMILES string of the molecule is Cc1c(CCC(C)C)c(-n2cnc3ccccc32)n2c(nc3ccccc32)c1C#N. The Morgan fingerprint density at radius 3 is 2.43 bits per heavy atom. The first kappa shape index (κ1) is 18.4. The summed E-state index contributed by atoms with van der Waals surface area (Å²) in [6, 6.07) is 18.7. The van der Waals surface area contributed by atoms with Crippen LogP contribution in [0.1, 0.15) is 37.0 Å². The number of rotatable bonds is 4. The molecule has 0 amide bonds. The highest BCUT2D eigenvalue weighted by Crippen LogP contribution is 2.32. The van der Waals surface area contributed by atoms with Crippen LogP contribution in [-0.4, -0.2) is 18.9 Å². The van der Waals surface area contributed by atoms with Gasteiger partial charge in [0.25, 0.3) is 0 Å². The summed E-state index contributed by atoms with van der Waals surface area (Å²) < 4.78 is 4.30. The smallest absolute Gasteiger partial charge is 0.157 e. The van der Waals surface area contributed by atoms with Gasteiger partial charge in [0.2, 0.25) is 0 Å². The Balaban J connectivity index is 1.98. The minimum Gasteiger partial charge on any atom is -0.284 e. The van der Waals surface area contributed by atoms with E-state index >= 15 is 0 Å². The zero-order valence-electron chi connectivity index (χ0n) is 17.4. The minimum atomic E-state index is 0.567. The van der Waals surface area contributed by atoms with Gasteiger partial charge in [-0.05, 0) is 61.1 Å². The molecule has 0 atom stereocenters. The van der Waals surface area contributed by atoms with E-state index in [-0.39, 0.29) is 0 Å². The fourth-order valence-corrected chi connectivity index (χ4v) is 4.28. The van der Waals surface area contributed by atoms with Crippen molar-refractivity contribution in [3.63, 3.8) is 0 Å². The molecule has 0 spiro atoms. The van der Waals surface area contributed by atoms with E-state index < -0.39 is 0 Å². The molecule has 3 heterocycles. The fourth-order valence-electron chi connectivity index (χ4n) is 4.28. The van der Waals surface area contributed by atoms with Crippen LogP contribution in [0, 0.1) is 24.2 Å². The van der Waals surface area contributed by atoms with Crippen molar-refractivity contribution in [1.29, 1.82) is 5.26 Å². The molecular weight excluding hydrogens is 370 g/mol. The number of imidazole rings is 2. The van der Waals surface area contributed by atoms with Crippen LogP contribution in [-0.2, 0) is 6.42 Å². The predicted molar refractivity (Wildman–Crippen MR) is 120 cm³/mol. The molecule has 0 unspecified atom stereocenters. The molecule has 0 radical (unpaired) electrons. The van der Waals surface area contributed by atoms with Crippen molar-refractivity contribution in [2.75, 3.05) is 0 Å². The summed E-state index contributed by atoms with van der Waals surface area (Å²) in [5.74, 6) is 1.60. The van der Waals surface area contributed by atoms with Crippen LogP contribution in [0.15, 0.2) is 54.9 Å². The maximum atomic E-state index is 10.0. The number of hydrogen-bond acceptors (Lipinski definition) is 3. The van der Waals surface area contributed by atoms with E-state index in [4.69, 9.17) is 4.98 Å². The zero-order valence-corrected chi connectivity index (χ0v) is 17.4. The molecule has 0 aliphatic heterocycles. The van der Waals surface area contributed by atoms with Crippen molar-refractivity contribution in [3.05, 3.63) is 71.5 Å². The van der Waals surface area contributed by atoms with E-state index in [1.54, 1.807) is 0 Å². The number of nitriles is 1. The van der Waals surface area contributed by atoms with Gasteiger partial charge in [-0.25, -0.2) is 9.97 Å². The van der Waals surface area contributed by atoms with Gasteiger partial charge in [0.05, 0.1) is 27.6 Å². The van der Waals surface area contributed by atoms with Gasteiger partial charge in [-0.3, -0.25) is 8.97 Å². The molecular formula is C25H23N5. The predicted octanol–water partition coefficient (Wildman–Crippen LogP) is 5.60. The van der Waals surface area contributed by atoms with Crippen molar-refractivity contribution in [1.82, 2.24) is 18.9 Å². The number of benzene rings is 2. The average Bonchev–Trinajstić information content (AvgIpc) is 3.34. The lowest BCUT2D eigenvalue weighted by molar-refractivity contribution is 0.583. The standard InChI is InChI=1S/C25H23N5/c1-16(2)12-13-18-17(3)19(14-26)24-28-21-9-5-7-11-23(21)30(24)25(18)29-15-27-20-8-4-6-10-22(20)29/h4-11,15-16H,12-13H2,1-3H3. The van der Waals surface area contributed by atoms with Crippen LogP contribution in [0.5, 0.6) is 0 Å². The largest absolute Gasteiger partial charge is 0.284 e. The summed E-state index contributed by atoms with van der Waals surface area (Å²) in [5.41, 5.74) is 7.43. The highest BCUT2D eigenvalue weighted by Gasteiger charge is 2.22. The molecule has 0 saturated heterocycles. The summed E-state index contributed by atoms with van der Waals surface area (Å²) in [7, 11) is 0. The van der Waals surface area contributed by atoms with E-state index in [1.165, 1.54) is 5.56 Å². The fraction of sp³-hybridized carbons (Fsp3) is 0.240. The van der Waals surface area contributed by atoms with Crippen LogP contribution in [0.3, 0.4) is 0 Å². The van der Waals surface area contributed by atoms with Gasteiger partial charge in [-0.2, -0.15) is 5.26 Å². The van der Waals surface area contributed by atoms with Crippen LogP contribution in [0.25, 0.3) is 33.5 Å². The highest BCUT2D eigenvalue weighted by atomic mass is 15.2. The van der Waals surface area contributed by atoms with Crippen molar-refractivity contribution in [3.8, 4) is 11.9 Å². The summed E-state index contributed by atoms with van der Waals surface area (Å²) in [6.45, 7) is 6.52. The Morgan fingerprint density at radius 1 is 1.00 bits per heavy atom. The Morgan fingerprint density at radius 2 is 1.70 bits per heavy atom. The quantitative estimate of drug-likeness (QED) is 0.400. The number of para-hydroxylation sites is 4. The van der Waals surface area contributed by atoms with Crippen LogP contribution >= 0.6 is 0 Å². The minimum absolute atomic E-state index is 0.567. The Kier molecular flexibility index (Phi) is 4.29. The first-order valence-electron chi connectivity index (χ1n) is 10.4. The van der Waals surface area contributed by atoms with Crippen LogP contribution in [0.4, 0.5) is 0 Å². The summed E-state index contributed by atoms with van der Waals surface area (Å²) in [6.07, 6.45) is 3.82. The highest BCUT2D eigenvalue weighted by molar-refractivity contribution is 5.86. The third kappa shape index (κ3) is 2.68. The maximum Gasteiger partial charge on any atom is 0.157 e. The second-order valence-electron chi connectivity index (χ2n) is 8.21. The van der Waals surface area contributed by atoms with Gasteiger partial charge in [-0.1, -0.05) is 38.1 Å². The molecule has 0 aliphatic carbocycles. The molecule has 5 aromatic rings. The molecule has 0 aliphatic rings. The van der Waals surface area contributed by atoms with E-state index in [0.717, 1.165) is 46.3 Å². The van der Waals surface area contributed by atoms with Crippen molar-refractivity contribution >= 4 is 27.7 Å². The molecule has 148 valence electrons. The molecule has 5 rings (SSSR count). The molecule has 3 aromatic heterocycles. The number of aromatic nitrogens is 4. The topological polar surface area (TPSA) is 58.9 Å². The number of hydrogen-bond donors (Lipinski definition) is 0. The lowest BCUT2D eigenvalue weighted by Crippen LogP contribution is -2.11. The van der Waals surface area contributed by atoms with Crippen LogP contribution in [0.2, 0.25) is 0 Å². The Labute approximate surface area is 175 Å². The molecule has 5 nitrogen and oxygen atoms in total. The van der Waals surface area contributed by atoms with E-state index in [9.17, 15) is 5.26 Å². The third-order valence-corrected chi connectivity index (χ3v) is 5.86. The molecule has 0 bridgehead atoms. The van der Waals surface area contributed by atoms with Gasteiger partial charge in [0.15, 0.2) is 5.65 Å². The van der Waals surface area contributed by atoms with Gasteiger partial charge >= 0.3 is 0 Å².